The molecule has 3 aromatic rings. The van der Waals surface area contributed by atoms with E-state index in [0.29, 0.717) is 23.6 Å². The van der Waals surface area contributed by atoms with Crippen molar-refractivity contribution in [1.82, 2.24) is 10.2 Å². The zero-order chi connectivity index (χ0) is 29.4. The Kier molecular flexibility index (Phi) is 10.5. The summed E-state index contributed by atoms with van der Waals surface area (Å²) in [6.45, 7) is 3.58. The lowest BCUT2D eigenvalue weighted by Gasteiger charge is -2.33. The highest BCUT2D eigenvalue weighted by atomic mass is 35.5. The number of rotatable bonds is 12. The minimum Gasteiger partial charge on any atom is -0.352 e. The van der Waals surface area contributed by atoms with E-state index >= 15 is 0 Å². The van der Waals surface area contributed by atoms with Crippen molar-refractivity contribution in [1.29, 1.82) is 0 Å². The third-order valence-corrected chi connectivity index (χ3v) is 9.58. The molecule has 0 aliphatic heterocycles. The monoisotopic (exact) mass is 595 g/mol. The number of aryl methyl sites for hydroxylation is 1. The molecule has 1 N–H and O–H groups in total. The fraction of sp³-hybridized carbons (Fsp3) is 0.375. The molecule has 0 aromatic heterocycles. The second-order valence-corrected chi connectivity index (χ2v) is 12.8. The molecular weight excluding hydrogens is 558 g/mol. The lowest BCUT2D eigenvalue weighted by Crippen LogP contribution is -2.54. The summed E-state index contributed by atoms with van der Waals surface area (Å²) in [6, 6.07) is 22.1. The van der Waals surface area contributed by atoms with Gasteiger partial charge in [0.2, 0.25) is 11.8 Å². The van der Waals surface area contributed by atoms with Crippen molar-refractivity contribution >= 4 is 39.1 Å². The molecule has 1 fully saturated rings. The molecule has 1 atom stereocenters. The average Bonchev–Trinajstić information content (AvgIpc) is 3.47. The van der Waals surface area contributed by atoms with E-state index in [4.69, 9.17) is 11.6 Å². The molecule has 1 saturated carbocycles. The van der Waals surface area contributed by atoms with Gasteiger partial charge in [0.15, 0.2) is 0 Å². The molecule has 0 heterocycles. The second-order valence-electron chi connectivity index (χ2n) is 10.5. The Labute approximate surface area is 248 Å². The van der Waals surface area contributed by atoms with Crippen LogP contribution in [0.25, 0.3) is 0 Å². The van der Waals surface area contributed by atoms with Gasteiger partial charge in [0.25, 0.3) is 10.0 Å². The molecule has 1 aliphatic carbocycles. The third-order valence-electron chi connectivity index (χ3n) is 7.54. The minimum atomic E-state index is -4.13. The maximum Gasteiger partial charge on any atom is 0.264 e. The molecule has 1 unspecified atom stereocenters. The van der Waals surface area contributed by atoms with Crippen LogP contribution in [0.2, 0.25) is 5.02 Å². The summed E-state index contributed by atoms with van der Waals surface area (Å²) in [5.41, 5.74) is 2.26. The predicted octanol–water partition coefficient (Wildman–Crippen LogP) is 5.75. The summed E-state index contributed by atoms with van der Waals surface area (Å²) in [7, 11) is -4.13. The maximum atomic E-state index is 14.1. The van der Waals surface area contributed by atoms with Crippen molar-refractivity contribution in [2.24, 2.45) is 0 Å². The van der Waals surface area contributed by atoms with E-state index in [0.717, 1.165) is 41.1 Å². The molecule has 0 saturated heterocycles. The molecule has 2 amide bonds. The van der Waals surface area contributed by atoms with Gasteiger partial charge in [-0.2, -0.15) is 0 Å². The number of hydrogen-bond donors (Lipinski definition) is 1. The summed E-state index contributed by atoms with van der Waals surface area (Å²) >= 11 is 6.02. The zero-order valence-corrected chi connectivity index (χ0v) is 25.2. The van der Waals surface area contributed by atoms with Gasteiger partial charge in [0.05, 0.1) is 10.6 Å². The van der Waals surface area contributed by atoms with Gasteiger partial charge in [-0.1, -0.05) is 73.8 Å². The van der Waals surface area contributed by atoms with Crippen molar-refractivity contribution in [3.05, 3.63) is 95.0 Å². The van der Waals surface area contributed by atoms with Gasteiger partial charge in [-0.05, 0) is 80.1 Å². The first kappa shape index (κ1) is 30.6. The van der Waals surface area contributed by atoms with Crippen LogP contribution in [-0.2, 0) is 26.0 Å². The van der Waals surface area contributed by atoms with Gasteiger partial charge in [-0.3, -0.25) is 13.9 Å². The van der Waals surface area contributed by atoms with Crippen LogP contribution in [0, 0.1) is 6.92 Å². The number of nitrogens with zero attached hydrogens (tertiary/aromatic N) is 2. The summed E-state index contributed by atoms with van der Waals surface area (Å²) in [6.07, 6.45) is 4.96. The van der Waals surface area contributed by atoms with Crippen LogP contribution in [0.4, 0.5) is 5.69 Å². The molecule has 41 heavy (non-hydrogen) atoms. The Morgan fingerprint density at radius 3 is 2.29 bits per heavy atom. The van der Waals surface area contributed by atoms with Crippen LogP contribution in [0.5, 0.6) is 0 Å². The van der Waals surface area contributed by atoms with Crippen LogP contribution in [0.15, 0.2) is 83.8 Å². The highest BCUT2D eigenvalue weighted by molar-refractivity contribution is 7.92. The number of nitrogens with one attached hydrogen (secondary N) is 1. The van der Waals surface area contributed by atoms with Crippen LogP contribution >= 0.6 is 11.6 Å². The first-order chi connectivity index (χ1) is 19.7. The molecule has 1 aliphatic rings. The van der Waals surface area contributed by atoms with E-state index in [-0.39, 0.29) is 23.4 Å². The molecule has 4 rings (SSSR count). The van der Waals surface area contributed by atoms with E-state index in [1.807, 2.05) is 50.2 Å². The fourth-order valence-corrected chi connectivity index (χ4v) is 6.84. The van der Waals surface area contributed by atoms with E-state index in [2.05, 4.69) is 5.32 Å². The van der Waals surface area contributed by atoms with E-state index < -0.39 is 28.5 Å². The Morgan fingerprint density at radius 1 is 0.976 bits per heavy atom. The van der Waals surface area contributed by atoms with Gasteiger partial charge < -0.3 is 10.2 Å². The van der Waals surface area contributed by atoms with Crippen LogP contribution in [0.3, 0.4) is 0 Å². The van der Waals surface area contributed by atoms with Gasteiger partial charge >= 0.3 is 0 Å². The smallest absolute Gasteiger partial charge is 0.264 e. The topological polar surface area (TPSA) is 86.8 Å². The molecular formula is C32H38ClN3O4S. The quantitative estimate of drug-likeness (QED) is 0.289. The highest BCUT2D eigenvalue weighted by Gasteiger charge is 2.34. The molecule has 218 valence electrons. The third kappa shape index (κ3) is 7.89. The molecule has 0 spiro atoms. The van der Waals surface area contributed by atoms with E-state index in [1.54, 1.807) is 23.1 Å². The first-order valence-electron chi connectivity index (χ1n) is 14.2. The summed E-state index contributed by atoms with van der Waals surface area (Å²) < 4.78 is 29.0. The van der Waals surface area contributed by atoms with Gasteiger partial charge in [0.1, 0.15) is 12.6 Å². The van der Waals surface area contributed by atoms with Gasteiger partial charge in [-0.15, -0.1) is 0 Å². The summed E-state index contributed by atoms with van der Waals surface area (Å²) in [5.74, 6) is -0.628. The number of carbonyl (C=O) groups is 2. The van der Waals surface area contributed by atoms with Crippen LogP contribution in [0.1, 0.15) is 50.2 Å². The Morgan fingerprint density at radius 2 is 1.66 bits per heavy atom. The Balaban J connectivity index is 1.67. The number of anilines is 1. The number of hydrogen-bond acceptors (Lipinski definition) is 4. The van der Waals surface area contributed by atoms with Crippen LogP contribution in [-0.4, -0.2) is 50.3 Å². The SMILES string of the molecule is CCC(C(=O)NC1CCCC1)N(CCc1ccccc1)C(=O)CN(c1cccc(C)c1)S(=O)(=O)c1ccc(Cl)cc1. The van der Waals surface area contributed by atoms with Gasteiger partial charge in [-0.25, -0.2) is 8.42 Å². The number of benzene rings is 3. The number of halogens is 1. The molecule has 9 heteroatoms. The van der Waals surface area contributed by atoms with Crippen molar-refractivity contribution in [3.8, 4) is 0 Å². The molecule has 0 radical (unpaired) electrons. The molecule has 0 bridgehead atoms. The van der Waals surface area contributed by atoms with Crippen molar-refractivity contribution in [2.75, 3.05) is 17.4 Å². The predicted molar refractivity (Wildman–Crippen MR) is 163 cm³/mol. The first-order valence-corrected chi connectivity index (χ1v) is 16.0. The Bertz CT molecular complexity index is 1420. The maximum absolute atomic E-state index is 14.1. The Hall–Kier alpha value is -3.36. The summed E-state index contributed by atoms with van der Waals surface area (Å²) in [4.78, 5) is 29.2. The minimum absolute atomic E-state index is 0.0260. The normalized spacial score (nSPS) is 14.4. The van der Waals surface area contributed by atoms with Crippen molar-refractivity contribution in [2.45, 2.75) is 69.4 Å². The lowest BCUT2D eigenvalue weighted by atomic mass is 10.1. The largest absolute Gasteiger partial charge is 0.352 e. The number of sulfonamides is 1. The number of amides is 2. The second kappa shape index (κ2) is 14.0. The van der Waals surface area contributed by atoms with E-state index in [9.17, 15) is 18.0 Å². The zero-order valence-electron chi connectivity index (χ0n) is 23.6. The van der Waals surface area contributed by atoms with Crippen LogP contribution < -0.4 is 9.62 Å². The number of carbonyl (C=O) groups excluding carboxylic acids is 2. The fourth-order valence-electron chi connectivity index (χ4n) is 5.31. The standard InChI is InChI=1S/C32H38ClN3O4S/c1-3-30(32(38)34-27-13-7-8-14-27)35(21-20-25-11-5-4-6-12-25)31(37)23-36(28-15-9-10-24(2)22-28)41(39,40)29-18-16-26(33)17-19-29/h4-6,9-12,15-19,22,27,30H,3,7-8,13-14,20-21,23H2,1-2H3,(H,34,38). The van der Waals surface area contributed by atoms with E-state index in [1.165, 1.54) is 24.3 Å². The molecule has 3 aromatic carbocycles. The highest BCUT2D eigenvalue weighted by Crippen LogP contribution is 2.26. The molecule has 7 nitrogen and oxygen atoms in total. The van der Waals surface area contributed by atoms with Crippen molar-refractivity contribution in [3.63, 3.8) is 0 Å². The average molecular weight is 596 g/mol. The lowest BCUT2D eigenvalue weighted by molar-refractivity contribution is -0.139. The van der Waals surface area contributed by atoms with Crippen molar-refractivity contribution < 1.29 is 18.0 Å². The van der Waals surface area contributed by atoms with Gasteiger partial charge in [0, 0.05) is 17.6 Å². The summed E-state index contributed by atoms with van der Waals surface area (Å²) in [5, 5.41) is 3.55.